The summed E-state index contributed by atoms with van der Waals surface area (Å²) in [6.45, 7) is 6.54. The van der Waals surface area contributed by atoms with E-state index in [1.54, 1.807) is 0 Å². The molecule has 5 rings (SSSR count). The van der Waals surface area contributed by atoms with E-state index in [0.29, 0.717) is 25.2 Å². The van der Waals surface area contributed by atoms with E-state index in [1.807, 2.05) is 60.7 Å². The van der Waals surface area contributed by atoms with Crippen LogP contribution in [0.3, 0.4) is 0 Å². The summed E-state index contributed by atoms with van der Waals surface area (Å²) in [4.78, 5) is 26.3. The van der Waals surface area contributed by atoms with Gasteiger partial charge in [0.2, 0.25) is 11.8 Å². The second-order valence-electron chi connectivity index (χ2n) is 12.9. The van der Waals surface area contributed by atoms with Crippen LogP contribution in [0.4, 0.5) is 5.69 Å². The Kier molecular flexibility index (Phi) is 13.5. The van der Waals surface area contributed by atoms with Crippen LogP contribution in [0.5, 0.6) is 0 Å². The molecule has 8 nitrogen and oxygen atoms in total. The van der Waals surface area contributed by atoms with Gasteiger partial charge in [-0.15, -0.1) is 0 Å². The van der Waals surface area contributed by atoms with Gasteiger partial charge in [-0.25, -0.2) is 0 Å². The number of rotatable bonds is 16. The third-order valence-electron chi connectivity index (χ3n) is 8.96. The average Bonchev–Trinajstić information content (AvgIpc) is 3.11. The largest absolute Gasteiger partial charge is 0.392 e. The number of hydrogen-bond donors (Lipinski definition) is 3. The van der Waals surface area contributed by atoms with Gasteiger partial charge in [-0.2, -0.15) is 0 Å². The zero-order chi connectivity index (χ0) is 34.4. The predicted molar refractivity (Wildman–Crippen MR) is 192 cm³/mol. The zero-order valence-electron chi connectivity index (χ0n) is 28.6. The van der Waals surface area contributed by atoms with Gasteiger partial charge in [0.1, 0.15) is 0 Å². The number of carbonyl (C=O) groups is 2. The van der Waals surface area contributed by atoms with Crippen LogP contribution in [0.15, 0.2) is 109 Å². The monoisotopic (exact) mass is 663 g/mol. The highest BCUT2D eigenvalue weighted by Gasteiger charge is 2.39. The number of nitrogens with one attached hydrogen (secondary N) is 2. The molecule has 4 atom stereocenters. The fourth-order valence-electron chi connectivity index (χ4n) is 6.29. The van der Waals surface area contributed by atoms with E-state index in [1.165, 1.54) is 18.1 Å². The summed E-state index contributed by atoms with van der Waals surface area (Å²) in [6, 6.07) is 36.7. The number of carbonyl (C=O) groups excluding carboxylic acids is 2. The van der Waals surface area contributed by atoms with Gasteiger partial charge in [0.15, 0.2) is 6.29 Å². The van der Waals surface area contributed by atoms with Crippen molar-refractivity contribution >= 4 is 17.5 Å². The van der Waals surface area contributed by atoms with Crippen molar-refractivity contribution < 1.29 is 24.2 Å². The molecular formula is C41H49N3O5. The molecule has 8 heteroatoms. The Morgan fingerprint density at radius 3 is 2.06 bits per heavy atom. The van der Waals surface area contributed by atoms with Gasteiger partial charge in [-0.1, -0.05) is 110 Å². The number of amides is 2. The van der Waals surface area contributed by atoms with Gasteiger partial charge in [0, 0.05) is 56.7 Å². The molecule has 0 bridgehead atoms. The predicted octanol–water partition coefficient (Wildman–Crippen LogP) is 7.31. The van der Waals surface area contributed by atoms with E-state index < -0.39 is 6.29 Å². The highest BCUT2D eigenvalue weighted by molar-refractivity contribution is 5.90. The van der Waals surface area contributed by atoms with Gasteiger partial charge in [0.25, 0.3) is 0 Å². The molecule has 0 saturated carbocycles. The lowest BCUT2D eigenvalue weighted by Crippen LogP contribution is -2.44. The van der Waals surface area contributed by atoms with Crippen molar-refractivity contribution in [3.63, 3.8) is 0 Å². The number of unbranched alkanes of at least 4 members (excludes halogenated alkanes) is 2. The summed E-state index contributed by atoms with van der Waals surface area (Å²) in [6.07, 6.45) is 1.81. The molecule has 1 aliphatic heterocycles. The Labute approximate surface area is 290 Å². The molecule has 1 fully saturated rings. The van der Waals surface area contributed by atoms with E-state index in [4.69, 9.17) is 9.47 Å². The lowest BCUT2D eigenvalue weighted by atomic mass is 9.89. The minimum absolute atomic E-state index is 0.0146. The smallest absolute Gasteiger partial charge is 0.224 e. The number of aliphatic hydroxyl groups is 1. The molecule has 1 aliphatic rings. The standard InChI is InChI=1S/C41H49N3O5/c1-30-38(28-44(26-32-13-6-3-7-14-32)27-33-15-8-4-9-16-33)48-41(49-40(30)35-22-20-34(29-45)21-23-35)36-17-12-18-37(25-36)43-39(47)19-10-5-11-24-42-31(2)46/h3-4,6-9,12-18,20-23,25,30,38,40-41,45H,5,10-11,19,24,26-29H2,1-2H3,(H,42,46)(H,43,47). The van der Waals surface area contributed by atoms with E-state index >= 15 is 0 Å². The van der Waals surface area contributed by atoms with Crippen molar-refractivity contribution in [1.29, 1.82) is 0 Å². The second-order valence-corrected chi connectivity index (χ2v) is 12.9. The van der Waals surface area contributed by atoms with Crippen LogP contribution in [0, 0.1) is 5.92 Å². The summed E-state index contributed by atoms with van der Waals surface area (Å²) in [5.74, 6) is -0.0567. The Morgan fingerprint density at radius 1 is 0.755 bits per heavy atom. The first-order valence-electron chi connectivity index (χ1n) is 17.3. The Balaban J connectivity index is 1.33. The van der Waals surface area contributed by atoms with Gasteiger partial charge in [-0.05, 0) is 47.2 Å². The van der Waals surface area contributed by atoms with Crippen LogP contribution in [-0.2, 0) is 38.8 Å². The van der Waals surface area contributed by atoms with Crippen molar-refractivity contribution in [2.45, 2.75) is 77.7 Å². The molecule has 2 amide bonds. The molecule has 4 aromatic rings. The van der Waals surface area contributed by atoms with E-state index in [-0.39, 0.29) is 36.5 Å². The number of nitrogens with zero attached hydrogens (tertiary/aromatic N) is 1. The molecule has 3 N–H and O–H groups in total. The summed E-state index contributed by atoms with van der Waals surface area (Å²) in [7, 11) is 0. The SMILES string of the molecule is CC(=O)NCCCCCC(=O)Nc1cccc(C2OC(CN(Cc3ccccc3)Cc3ccccc3)C(C)C(c3ccc(CO)cc3)O2)c1. The number of benzene rings is 4. The Bertz CT molecular complexity index is 1560. The maximum Gasteiger partial charge on any atom is 0.224 e. The van der Waals surface area contributed by atoms with Gasteiger partial charge in [0.05, 0.1) is 18.8 Å². The maximum atomic E-state index is 12.8. The maximum absolute atomic E-state index is 12.8. The quantitative estimate of drug-likeness (QED) is 0.109. The molecule has 258 valence electrons. The molecule has 1 heterocycles. The molecule has 0 spiro atoms. The Hall–Kier alpha value is -4.34. The first kappa shape index (κ1) is 36.0. The molecule has 49 heavy (non-hydrogen) atoms. The van der Waals surface area contributed by atoms with Crippen LogP contribution in [0.1, 0.15) is 79.7 Å². The lowest BCUT2D eigenvalue weighted by Gasteiger charge is -2.43. The van der Waals surface area contributed by atoms with Gasteiger partial charge in [-0.3, -0.25) is 14.5 Å². The fraction of sp³-hybridized carbons (Fsp3) is 0.366. The van der Waals surface area contributed by atoms with Crippen molar-refractivity contribution in [2.24, 2.45) is 5.92 Å². The summed E-state index contributed by atoms with van der Waals surface area (Å²) >= 11 is 0. The van der Waals surface area contributed by atoms with Crippen molar-refractivity contribution in [3.05, 3.63) is 137 Å². The molecular weight excluding hydrogens is 614 g/mol. The number of aliphatic hydroxyl groups excluding tert-OH is 1. The van der Waals surface area contributed by atoms with Crippen LogP contribution in [-0.4, -0.2) is 41.0 Å². The number of anilines is 1. The van der Waals surface area contributed by atoms with E-state index in [2.05, 4.69) is 71.0 Å². The van der Waals surface area contributed by atoms with Crippen molar-refractivity contribution in [1.82, 2.24) is 10.2 Å². The van der Waals surface area contributed by atoms with E-state index in [0.717, 1.165) is 49.0 Å². The minimum atomic E-state index is -0.648. The minimum Gasteiger partial charge on any atom is -0.392 e. The molecule has 0 aromatic heterocycles. The Morgan fingerprint density at radius 2 is 1.43 bits per heavy atom. The van der Waals surface area contributed by atoms with Crippen LogP contribution < -0.4 is 10.6 Å². The lowest BCUT2D eigenvalue weighted by molar-refractivity contribution is -0.276. The van der Waals surface area contributed by atoms with Crippen LogP contribution in [0.2, 0.25) is 0 Å². The third-order valence-corrected chi connectivity index (χ3v) is 8.96. The van der Waals surface area contributed by atoms with Crippen LogP contribution in [0.25, 0.3) is 0 Å². The highest BCUT2D eigenvalue weighted by Crippen LogP contribution is 2.42. The summed E-state index contributed by atoms with van der Waals surface area (Å²) < 4.78 is 13.5. The molecule has 4 aromatic carbocycles. The molecule has 1 saturated heterocycles. The fourth-order valence-corrected chi connectivity index (χ4v) is 6.29. The molecule has 0 radical (unpaired) electrons. The summed E-state index contributed by atoms with van der Waals surface area (Å²) in [5, 5.41) is 15.5. The first-order chi connectivity index (χ1) is 23.9. The average molecular weight is 664 g/mol. The normalized spacial score (nSPS) is 19.0. The second kappa shape index (κ2) is 18.4. The number of ether oxygens (including phenoxy) is 2. The van der Waals surface area contributed by atoms with Gasteiger partial charge < -0.3 is 25.2 Å². The van der Waals surface area contributed by atoms with Crippen molar-refractivity contribution in [2.75, 3.05) is 18.4 Å². The first-order valence-corrected chi connectivity index (χ1v) is 17.3. The molecule has 0 aliphatic carbocycles. The van der Waals surface area contributed by atoms with Crippen molar-refractivity contribution in [3.8, 4) is 0 Å². The van der Waals surface area contributed by atoms with Crippen LogP contribution >= 0.6 is 0 Å². The van der Waals surface area contributed by atoms with E-state index in [9.17, 15) is 14.7 Å². The highest BCUT2D eigenvalue weighted by atomic mass is 16.7. The third kappa shape index (κ3) is 11.1. The molecule has 4 unspecified atom stereocenters. The zero-order valence-corrected chi connectivity index (χ0v) is 28.6. The van der Waals surface area contributed by atoms with Gasteiger partial charge >= 0.3 is 0 Å². The number of hydrogen-bond acceptors (Lipinski definition) is 6. The topological polar surface area (TPSA) is 100 Å². The summed E-state index contributed by atoms with van der Waals surface area (Å²) in [5.41, 5.74) is 5.89.